The van der Waals surface area contributed by atoms with Gasteiger partial charge >= 0.3 is 0 Å². The molecule has 4 aromatic carbocycles. The maximum atomic E-state index is 14.0. The van der Waals surface area contributed by atoms with E-state index >= 15 is 0 Å². The lowest BCUT2D eigenvalue weighted by Crippen LogP contribution is -2.34. The number of amides is 2. The van der Waals surface area contributed by atoms with Crippen LogP contribution in [0.2, 0.25) is 0 Å². The molecular weight excluding hydrogens is 573 g/mol. The molecule has 7 nitrogen and oxygen atoms in total. The summed E-state index contributed by atoms with van der Waals surface area (Å²) >= 11 is 12.7. The zero-order valence-corrected chi connectivity index (χ0v) is 24.2. The number of aromatic hydroxyl groups is 2. The number of fused-ring (bicyclic) bond motifs is 6. The van der Waals surface area contributed by atoms with Gasteiger partial charge in [0.2, 0.25) is 0 Å². The minimum absolute atomic E-state index is 0.0949. The van der Waals surface area contributed by atoms with Crippen molar-refractivity contribution in [3.63, 3.8) is 0 Å². The molecule has 7 rings (SSSR count). The fourth-order valence-electron chi connectivity index (χ4n) is 6.71. The van der Waals surface area contributed by atoms with E-state index in [0.717, 1.165) is 21.9 Å². The summed E-state index contributed by atoms with van der Waals surface area (Å²) in [6.45, 7) is 0.728. The minimum atomic E-state index is -0.288. The number of anilines is 2. The summed E-state index contributed by atoms with van der Waals surface area (Å²) in [5.74, 6) is 0.0468. The molecule has 2 aliphatic rings. The number of hydrogen-bond acceptors (Lipinski definition) is 4. The van der Waals surface area contributed by atoms with Gasteiger partial charge in [0.1, 0.15) is 22.9 Å². The van der Waals surface area contributed by atoms with Crippen molar-refractivity contribution in [3.05, 3.63) is 95.3 Å². The molecule has 2 unspecified atom stereocenters. The molecule has 5 aromatic rings. The highest BCUT2D eigenvalue weighted by Gasteiger charge is 2.38. The van der Waals surface area contributed by atoms with Gasteiger partial charge in [0.15, 0.2) is 0 Å². The number of carbonyl (C=O) groups is 2. The van der Waals surface area contributed by atoms with Crippen LogP contribution in [0.4, 0.5) is 11.4 Å². The lowest BCUT2D eigenvalue weighted by Gasteiger charge is -2.21. The van der Waals surface area contributed by atoms with E-state index in [1.165, 1.54) is 0 Å². The molecule has 0 spiro atoms. The first-order valence-corrected chi connectivity index (χ1v) is 14.8. The van der Waals surface area contributed by atoms with Crippen LogP contribution in [0.15, 0.2) is 72.8 Å². The van der Waals surface area contributed by atoms with Crippen molar-refractivity contribution in [2.45, 2.75) is 11.8 Å². The van der Waals surface area contributed by atoms with Crippen LogP contribution in [0.5, 0.6) is 11.5 Å². The Balaban J connectivity index is 1.26. The van der Waals surface area contributed by atoms with Gasteiger partial charge in [-0.1, -0.05) is 48.5 Å². The molecule has 42 heavy (non-hydrogen) atoms. The molecule has 1 aromatic heterocycles. The van der Waals surface area contributed by atoms with Gasteiger partial charge in [0.05, 0.1) is 11.4 Å². The first-order chi connectivity index (χ1) is 20.3. The second-order valence-electron chi connectivity index (χ2n) is 10.9. The predicted octanol–water partition coefficient (Wildman–Crippen LogP) is 6.71. The summed E-state index contributed by atoms with van der Waals surface area (Å²) in [4.78, 5) is 31.3. The second kappa shape index (κ2) is 9.96. The van der Waals surface area contributed by atoms with Crippen LogP contribution in [-0.4, -0.2) is 51.4 Å². The third-order valence-corrected chi connectivity index (χ3v) is 9.46. The summed E-state index contributed by atoms with van der Waals surface area (Å²) < 4.78 is 1.61. The second-order valence-corrected chi connectivity index (χ2v) is 11.6. The molecule has 0 fully saturated rings. The molecule has 3 heterocycles. The molecule has 2 aliphatic heterocycles. The molecule has 0 saturated heterocycles. The van der Waals surface area contributed by atoms with Crippen LogP contribution in [-0.2, 0) is 7.05 Å². The number of phenols is 2. The number of hydrogen-bond donors (Lipinski definition) is 2. The van der Waals surface area contributed by atoms with Crippen molar-refractivity contribution < 1.29 is 19.8 Å². The van der Waals surface area contributed by atoms with E-state index in [1.54, 1.807) is 45.7 Å². The Morgan fingerprint density at radius 2 is 1.07 bits per heavy atom. The zero-order chi connectivity index (χ0) is 29.3. The Morgan fingerprint density at radius 1 is 0.690 bits per heavy atom. The van der Waals surface area contributed by atoms with E-state index in [0.29, 0.717) is 58.4 Å². The summed E-state index contributed by atoms with van der Waals surface area (Å²) in [5, 5.41) is 24.7. The van der Waals surface area contributed by atoms with Gasteiger partial charge < -0.3 is 24.6 Å². The maximum Gasteiger partial charge on any atom is 0.274 e. The Kier molecular flexibility index (Phi) is 6.33. The average molecular weight is 601 g/mol. The van der Waals surface area contributed by atoms with Crippen molar-refractivity contribution in [3.8, 4) is 11.5 Å². The van der Waals surface area contributed by atoms with Crippen molar-refractivity contribution in [1.82, 2.24) is 4.57 Å². The smallest absolute Gasteiger partial charge is 0.274 e. The fourth-order valence-corrected chi connectivity index (χ4v) is 7.21. The van der Waals surface area contributed by atoms with Crippen molar-refractivity contribution in [2.75, 3.05) is 34.6 Å². The largest absolute Gasteiger partial charge is 0.507 e. The third kappa shape index (κ3) is 3.80. The molecule has 212 valence electrons. The Bertz CT molecular complexity index is 1800. The number of benzene rings is 4. The van der Waals surface area contributed by atoms with Crippen LogP contribution in [0, 0.1) is 0 Å². The minimum Gasteiger partial charge on any atom is -0.507 e. The monoisotopic (exact) mass is 599 g/mol. The van der Waals surface area contributed by atoms with Crippen LogP contribution >= 0.6 is 23.2 Å². The first kappa shape index (κ1) is 26.7. The zero-order valence-electron chi connectivity index (χ0n) is 22.7. The lowest BCUT2D eigenvalue weighted by molar-refractivity contribution is 0.0975. The quantitative estimate of drug-likeness (QED) is 0.225. The summed E-state index contributed by atoms with van der Waals surface area (Å²) in [6, 6.07) is 21.7. The van der Waals surface area contributed by atoms with Gasteiger partial charge in [-0.05, 0) is 34.0 Å². The standard InChI is InChI=1S/C33H27Cl2N3O4/c1-36-24(32(41)37-16-18(14-34)30-22-8-4-2-6-20(22)28(39)12-26(30)37)10-11-25(36)33(42)38-17-19(15-35)31-23-9-5-3-7-21(23)29(40)13-27(31)38/h2-13,18-19,39-40H,14-17H2,1H3. The number of nitrogens with zero attached hydrogens (tertiary/aromatic N) is 3. The first-order valence-electron chi connectivity index (χ1n) is 13.7. The topological polar surface area (TPSA) is 86.0 Å². The van der Waals surface area contributed by atoms with Gasteiger partial charge in [0, 0.05) is 66.6 Å². The summed E-state index contributed by atoms with van der Waals surface area (Å²) in [6.07, 6.45) is 0. The molecule has 0 radical (unpaired) electrons. The Morgan fingerprint density at radius 3 is 1.45 bits per heavy atom. The summed E-state index contributed by atoms with van der Waals surface area (Å²) in [7, 11) is 1.70. The van der Waals surface area contributed by atoms with Crippen LogP contribution in [0.3, 0.4) is 0 Å². The van der Waals surface area contributed by atoms with Crippen molar-refractivity contribution >= 4 is 67.9 Å². The third-order valence-electron chi connectivity index (χ3n) is 8.71. The van der Waals surface area contributed by atoms with Gasteiger partial charge in [-0.3, -0.25) is 9.59 Å². The number of halogens is 2. The molecule has 9 heteroatoms. The van der Waals surface area contributed by atoms with Gasteiger partial charge in [-0.15, -0.1) is 23.2 Å². The van der Waals surface area contributed by atoms with Crippen LogP contribution in [0.1, 0.15) is 43.9 Å². The molecule has 2 atom stereocenters. The highest BCUT2D eigenvalue weighted by atomic mass is 35.5. The van der Waals surface area contributed by atoms with Gasteiger partial charge in [-0.25, -0.2) is 0 Å². The van der Waals surface area contributed by atoms with Crippen molar-refractivity contribution in [2.24, 2.45) is 7.05 Å². The van der Waals surface area contributed by atoms with E-state index in [9.17, 15) is 19.8 Å². The number of rotatable bonds is 4. The lowest BCUT2D eigenvalue weighted by atomic mass is 9.95. The van der Waals surface area contributed by atoms with E-state index in [1.807, 2.05) is 48.5 Å². The van der Waals surface area contributed by atoms with E-state index < -0.39 is 0 Å². The van der Waals surface area contributed by atoms with Crippen LogP contribution < -0.4 is 9.80 Å². The average Bonchev–Trinajstić information content (AvgIpc) is 3.70. The fraction of sp³-hybridized carbons (Fsp3) is 0.212. The van der Waals surface area contributed by atoms with E-state index in [4.69, 9.17) is 23.2 Å². The number of phenolic OH excluding ortho intramolecular Hbond substituents is 2. The van der Waals surface area contributed by atoms with Crippen LogP contribution in [0.25, 0.3) is 21.5 Å². The van der Waals surface area contributed by atoms with E-state index in [-0.39, 0.29) is 35.1 Å². The predicted molar refractivity (Wildman–Crippen MR) is 167 cm³/mol. The van der Waals surface area contributed by atoms with Crippen molar-refractivity contribution in [1.29, 1.82) is 0 Å². The Hall–Kier alpha value is -4.20. The number of alkyl halides is 2. The van der Waals surface area contributed by atoms with Gasteiger partial charge in [0.25, 0.3) is 11.8 Å². The number of carbonyl (C=O) groups excluding carboxylic acids is 2. The molecule has 0 bridgehead atoms. The molecule has 2 N–H and O–H groups in total. The molecule has 0 aliphatic carbocycles. The molecule has 2 amide bonds. The Labute approximate surface area is 252 Å². The van der Waals surface area contributed by atoms with Gasteiger partial charge in [-0.2, -0.15) is 0 Å². The highest BCUT2D eigenvalue weighted by molar-refractivity contribution is 6.20. The molecule has 0 saturated carbocycles. The maximum absolute atomic E-state index is 14.0. The van der Waals surface area contributed by atoms with E-state index in [2.05, 4.69) is 0 Å². The normalized spacial score (nSPS) is 17.7. The highest BCUT2D eigenvalue weighted by Crippen LogP contribution is 2.47. The number of aromatic nitrogens is 1. The summed E-state index contributed by atoms with van der Waals surface area (Å²) in [5.41, 5.74) is 3.78. The SMILES string of the molecule is Cn1c(C(=O)N2CC(CCl)c3c2cc(O)c2ccccc32)ccc1C(=O)N1CC(CCl)c2c1cc(O)c1ccccc21. The molecular formula is C33H27Cl2N3O4.